The maximum Gasteiger partial charge on any atom is 0.341 e. The van der Waals surface area contributed by atoms with Gasteiger partial charge in [0.15, 0.2) is 0 Å². The van der Waals surface area contributed by atoms with E-state index in [0.717, 1.165) is 5.56 Å². The van der Waals surface area contributed by atoms with E-state index in [4.69, 9.17) is 21.4 Å². The van der Waals surface area contributed by atoms with Crippen molar-refractivity contribution in [3.8, 4) is 5.75 Å². The molecule has 2 fully saturated rings. The minimum absolute atomic E-state index is 0.218. The average Bonchev–Trinajstić information content (AvgIpc) is 2.67. The van der Waals surface area contributed by atoms with E-state index in [1.807, 2.05) is 0 Å². The van der Waals surface area contributed by atoms with Gasteiger partial charge in [-0.1, -0.05) is 12.1 Å². The number of phenols is 1. The third-order valence-electron chi connectivity index (χ3n) is 2.73. The number of nitrogens with one attached hydrogen (secondary N) is 1. The molecule has 2 atom stereocenters. The first-order chi connectivity index (χ1) is 7.06. The molecule has 0 amide bonds. The minimum atomic E-state index is -1.99. The molecule has 2 saturated heterocycles. The Morgan fingerprint density at radius 1 is 1.47 bits per heavy atom. The van der Waals surface area contributed by atoms with Crippen LogP contribution in [-0.2, 0) is 27.5 Å². The van der Waals surface area contributed by atoms with Gasteiger partial charge in [0, 0.05) is 6.42 Å². The van der Waals surface area contributed by atoms with E-state index in [9.17, 15) is 4.79 Å². The number of aromatic hydroxyl groups is 1. The summed E-state index contributed by atoms with van der Waals surface area (Å²) in [5.41, 5.74) is 0.976. The van der Waals surface area contributed by atoms with Gasteiger partial charge in [0.05, 0.1) is 0 Å². The Morgan fingerprint density at radius 3 is 2.60 bits per heavy atom. The van der Waals surface area contributed by atoms with Crippen molar-refractivity contribution < 1.29 is 14.4 Å². The number of carbonyl (C=O) groups is 1. The first kappa shape index (κ1) is 9.33. The van der Waals surface area contributed by atoms with Crippen LogP contribution < -0.4 is 5.09 Å². The van der Waals surface area contributed by atoms with E-state index < -0.39 is 11.7 Å². The van der Waals surface area contributed by atoms with Crippen molar-refractivity contribution in [2.24, 2.45) is 0 Å². The lowest BCUT2D eigenvalue weighted by atomic mass is 10.1. The predicted octanol–water partition coefficient (Wildman–Crippen LogP) is 1.10. The fourth-order valence-electron chi connectivity index (χ4n) is 1.76. The van der Waals surface area contributed by atoms with Crippen LogP contribution in [0, 0.1) is 0 Å². The topological polar surface area (TPSA) is 68.5 Å². The third-order valence-corrected chi connectivity index (χ3v) is 6.50. The maximum absolute atomic E-state index is 11.3. The number of phenolic OH excluding ortho intramolecular Hbond substituents is 1. The second kappa shape index (κ2) is 2.61. The summed E-state index contributed by atoms with van der Waals surface area (Å²) in [5, 5.41) is 11.5. The average molecular weight is 241 g/mol. The van der Waals surface area contributed by atoms with E-state index in [0.29, 0.717) is 6.42 Å². The Hall–Kier alpha value is -0.900. The molecule has 0 spiro atoms. The Kier molecular flexibility index (Phi) is 1.63. The van der Waals surface area contributed by atoms with Crippen molar-refractivity contribution in [3.63, 3.8) is 0 Å². The first-order valence-corrected chi connectivity index (χ1v) is 7.19. The van der Waals surface area contributed by atoms with Gasteiger partial charge < -0.3 is 9.63 Å². The number of benzene rings is 1. The molecular weight excluding hydrogens is 233 g/mol. The molecular formula is C9H8NO3PS. The quantitative estimate of drug-likeness (QED) is 0.599. The van der Waals surface area contributed by atoms with Gasteiger partial charge in [-0.05, 0) is 29.5 Å². The summed E-state index contributed by atoms with van der Waals surface area (Å²) < 4.78 is 4.93. The number of carbonyl (C=O) groups excluding carboxylic acids is 1. The molecule has 0 aromatic heterocycles. The lowest BCUT2D eigenvalue weighted by Gasteiger charge is -2.22. The van der Waals surface area contributed by atoms with Gasteiger partial charge in [-0.3, -0.25) is 0 Å². The smallest absolute Gasteiger partial charge is 0.341 e. The number of rotatable bonds is 2. The summed E-state index contributed by atoms with van der Waals surface area (Å²) in [7, 11) is 0. The molecule has 6 heteroatoms. The number of hydrogen-bond donors (Lipinski definition) is 2. The van der Waals surface area contributed by atoms with Crippen LogP contribution in [0.5, 0.6) is 5.75 Å². The Bertz CT molecular complexity index is 501. The predicted molar refractivity (Wildman–Crippen MR) is 58.1 cm³/mol. The summed E-state index contributed by atoms with van der Waals surface area (Å²) in [6.45, 7) is 0. The van der Waals surface area contributed by atoms with Crippen LogP contribution >= 0.6 is 6.42 Å². The van der Waals surface area contributed by atoms with Crippen LogP contribution in [0.15, 0.2) is 24.3 Å². The molecule has 0 saturated carbocycles. The molecule has 4 nitrogen and oxygen atoms in total. The normalized spacial score (nSPS) is 36.4. The van der Waals surface area contributed by atoms with Crippen molar-refractivity contribution in [3.05, 3.63) is 29.8 Å². The number of fused-ring (bicyclic) bond motifs is 1. The van der Waals surface area contributed by atoms with Gasteiger partial charge in [-0.15, -0.1) is 0 Å². The van der Waals surface area contributed by atoms with Crippen LogP contribution in [0.1, 0.15) is 5.56 Å². The third kappa shape index (κ3) is 1.11. The zero-order valence-corrected chi connectivity index (χ0v) is 9.35. The van der Waals surface area contributed by atoms with Gasteiger partial charge in [-0.2, -0.15) is 0 Å². The molecule has 3 rings (SSSR count). The molecule has 0 bridgehead atoms. The lowest BCUT2D eigenvalue weighted by Crippen LogP contribution is -2.35. The van der Waals surface area contributed by atoms with Crippen LogP contribution in [0.2, 0.25) is 0 Å². The summed E-state index contributed by atoms with van der Waals surface area (Å²) in [4.78, 5) is 11.3. The summed E-state index contributed by atoms with van der Waals surface area (Å²) >= 11 is 5.17. The van der Waals surface area contributed by atoms with Gasteiger partial charge in [0.1, 0.15) is 5.75 Å². The van der Waals surface area contributed by atoms with Crippen molar-refractivity contribution in [1.82, 2.24) is 5.09 Å². The van der Waals surface area contributed by atoms with Crippen molar-refractivity contribution in [2.75, 3.05) is 0 Å². The zero-order valence-electron chi connectivity index (χ0n) is 7.64. The van der Waals surface area contributed by atoms with Gasteiger partial charge in [0.25, 0.3) is 0 Å². The highest BCUT2D eigenvalue weighted by atomic mass is 32.5. The van der Waals surface area contributed by atoms with Crippen LogP contribution in [0.3, 0.4) is 0 Å². The minimum Gasteiger partial charge on any atom is -0.508 e. The monoisotopic (exact) mass is 241 g/mol. The highest BCUT2D eigenvalue weighted by molar-refractivity contribution is 8.17. The van der Waals surface area contributed by atoms with E-state index in [1.54, 1.807) is 24.3 Å². The van der Waals surface area contributed by atoms with Crippen molar-refractivity contribution in [1.29, 1.82) is 0 Å². The van der Waals surface area contributed by atoms with Crippen molar-refractivity contribution >= 4 is 24.2 Å². The SMILES string of the molecule is O=C1OP2(=S)N[C@@]12Cc1ccc(O)cc1. The van der Waals surface area contributed by atoms with E-state index in [1.165, 1.54) is 0 Å². The molecule has 78 valence electrons. The molecule has 1 unspecified atom stereocenters. The summed E-state index contributed by atoms with van der Waals surface area (Å²) in [5.74, 6) is -0.0190. The molecule has 2 aliphatic heterocycles. The fraction of sp³-hybridized carbons (Fsp3) is 0.222. The van der Waals surface area contributed by atoms with Gasteiger partial charge in [0.2, 0.25) is 11.7 Å². The second-order valence-corrected chi connectivity index (χ2v) is 7.56. The van der Waals surface area contributed by atoms with Gasteiger partial charge in [-0.25, -0.2) is 9.88 Å². The highest BCUT2D eigenvalue weighted by Gasteiger charge is 2.79. The maximum atomic E-state index is 11.3. The van der Waals surface area contributed by atoms with Crippen LogP contribution in [0.25, 0.3) is 0 Å². The molecule has 1 aromatic carbocycles. The summed E-state index contributed by atoms with van der Waals surface area (Å²) in [6.07, 6.45) is -1.43. The standard InChI is InChI=1S/C9H8NO3PS/c11-7-3-1-6(2-4-7)5-9-8(12)13-14(9,15)10-9/h1-4,11H,5H2,(H,10,15)/t9-,14?/m1/s1. The van der Waals surface area contributed by atoms with Crippen molar-refractivity contribution in [2.45, 2.75) is 11.7 Å². The highest BCUT2D eigenvalue weighted by Crippen LogP contribution is 2.80. The molecule has 0 aliphatic carbocycles. The zero-order chi connectivity index (χ0) is 10.7. The van der Waals surface area contributed by atoms with Crippen LogP contribution in [0.4, 0.5) is 0 Å². The molecule has 15 heavy (non-hydrogen) atoms. The Balaban J connectivity index is 1.85. The largest absolute Gasteiger partial charge is 0.508 e. The number of hydrogen-bond acceptors (Lipinski definition) is 4. The second-order valence-electron chi connectivity index (χ2n) is 3.75. The molecule has 2 heterocycles. The van der Waals surface area contributed by atoms with E-state index in [-0.39, 0.29) is 11.7 Å². The van der Waals surface area contributed by atoms with E-state index >= 15 is 0 Å². The first-order valence-electron chi connectivity index (χ1n) is 4.47. The molecule has 1 aromatic rings. The molecule has 2 N–H and O–H groups in total. The van der Waals surface area contributed by atoms with E-state index in [2.05, 4.69) is 5.09 Å². The molecule has 0 radical (unpaired) electrons. The molecule has 2 aliphatic rings. The summed E-state index contributed by atoms with van der Waals surface area (Å²) in [6, 6.07) is 6.77. The lowest BCUT2D eigenvalue weighted by molar-refractivity contribution is -0.138. The fourth-order valence-corrected chi connectivity index (χ4v) is 5.07. The van der Waals surface area contributed by atoms with Gasteiger partial charge >= 0.3 is 5.97 Å². The Morgan fingerprint density at radius 2 is 2.13 bits per heavy atom. The van der Waals surface area contributed by atoms with Crippen LogP contribution in [-0.4, -0.2) is 16.4 Å². The Labute approximate surface area is 91.4 Å².